The number of carbonyl (C=O) groups is 2. The minimum atomic E-state index is -0.622. The second-order valence-corrected chi connectivity index (χ2v) is 5.99. The van der Waals surface area contributed by atoms with Crippen LogP contribution < -0.4 is 15.4 Å². The molecule has 0 aromatic heterocycles. The van der Waals surface area contributed by atoms with Crippen LogP contribution in [0.4, 0.5) is 4.39 Å². The van der Waals surface area contributed by atoms with Crippen LogP contribution in [0.3, 0.4) is 0 Å². The van der Waals surface area contributed by atoms with Crippen molar-refractivity contribution >= 4 is 22.6 Å². The molecule has 0 fully saturated rings. The van der Waals surface area contributed by atoms with E-state index >= 15 is 0 Å². The Morgan fingerprint density at radius 1 is 0.963 bits per heavy atom. The van der Waals surface area contributed by atoms with E-state index in [0.29, 0.717) is 6.54 Å². The van der Waals surface area contributed by atoms with Gasteiger partial charge in [0.15, 0.2) is 0 Å². The maximum Gasteiger partial charge on any atom is 0.254 e. The number of ether oxygens (including phenoxy) is 1. The number of amides is 2. The van der Waals surface area contributed by atoms with E-state index < -0.39 is 11.7 Å². The van der Waals surface area contributed by atoms with E-state index in [1.54, 1.807) is 13.2 Å². The fourth-order valence-electron chi connectivity index (χ4n) is 2.67. The average Bonchev–Trinajstić information content (AvgIpc) is 2.70. The highest BCUT2D eigenvalue weighted by molar-refractivity contribution is 5.96. The summed E-state index contributed by atoms with van der Waals surface area (Å²) in [6.45, 7) is 0.105. The largest absolute Gasteiger partial charge is 0.497 e. The molecule has 2 N–H and O–H groups in total. The molecule has 5 nitrogen and oxygen atoms in total. The molecule has 0 heterocycles. The molecular weight excluding hydrogens is 347 g/mol. The van der Waals surface area contributed by atoms with Crippen LogP contribution in [0.5, 0.6) is 5.75 Å². The maximum atomic E-state index is 13.5. The molecule has 0 bridgehead atoms. The monoisotopic (exact) mass is 366 g/mol. The van der Waals surface area contributed by atoms with Crippen molar-refractivity contribution < 1.29 is 18.7 Å². The lowest BCUT2D eigenvalue weighted by Gasteiger charge is -2.09. The molecule has 0 radical (unpaired) electrons. The molecule has 0 saturated carbocycles. The summed E-state index contributed by atoms with van der Waals surface area (Å²) < 4.78 is 18.7. The first-order valence-corrected chi connectivity index (χ1v) is 8.43. The lowest BCUT2D eigenvalue weighted by molar-refractivity contribution is -0.120. The normalized spacial score (nSPS) is 10.4. The molecule has 27 heavy (non-hydrogen) atoms. The summed E-state index contributed by atoms with van der Waals surface area (Å²) in [5, 5.41) is 7.23. The van der Waals surface area contributed by atoms with Crippen molar-refractivity contribution in [3.8, 4) is 5.75 Å². The van der Waals surface area contributed by atoms with Crippen LogP contribution in [-0.4, -0.2) is 25.5 Å². The Kier molecular flexibility index (Phi) is 5.66. The van der Waals surface area contributed by atoms with Gasteiger partial charge in [-0.2, -0.15) is 0 Å². The molecule has 0 unspecified atom stereocenters. The number of methoxy groups -OCH3 is 1. The number of hydrogen-bond acceptors (Lipinski definition) is 3. The summed E-state index contributed by atoms with van der Waals surface area (Å²) in [6.07, 6.45) is 0. The van der Waals surface area contributed by atoms with Gasteiger partial charge in [-0.1, -0.05) is 30.3 Å². The SMILES string of the molecule is COc1ccc2cc(CNC(=O)CNC(=O)c3ccccc3F)ccc2c1. The van der Waals surface area contributed by atoms with Crippen LogP contribution in [0.25, 0.3) is 10.8 Å². The second kappa shape index (κ2) is 8.31. The lowest BCUT2D eigenvalue weighted by atomic mass is 10.1. The third-order valence-electron chi connectivity index (χ3n) is 4.13. The van der Waals surface area contributed by atoms with Gasteiger partial charge >= 0.3 is 0 Å². The summed E-state index contributed by atoms with van der Waals surface area (Å²) in [5.74, 6) is -0.810. The quantitative estimate of drug-likeness (QED) is 0.705. The molecule has 2 amide bonds. The van der Waals surface area contributed by atoms with Gasteiger partial charge in [-0.3, -0.25) is 9.59 Å². The van der Waals surface area contributed by atoms with E-state index in [4.69, 9.17) is 4.74 Å². The molecule has 0 aliphatic heterocycles. The number of halogens is 1. The molecular formula is C21H19FN2O3. The molecule has 0 atom stereocenters. The van der Waals surface area contributed by atoms with Gasteiger partial charge in [0.2, 0.25) is 5.91 Å². The van der Waals surface area contributed by atoms with Crippen molar-refractivity contribution in [1.29, 1.82) is 0 Å². The Morgan fingerprint density at radius 3 is 2.48 bits per heavy atom. The van der Waals surface area contributed by atoms with Gasteiger partial charge in [-0.05, 0) is 46.7 Å². The van der Waals surface area contributed by atoms with Crippen molar-refractivity contribution in [1.82, 2.24) is 10.6 Å². The Hall–Kier alpha value is -3.41. The van der Waals surface area contributed by atoms with Crippen molar-refractivity contribution in [2.24, 2.45) is 0 Å². The Balaban J connectivity index is 1.54. The maximum absolute atomic E-state index is 13.5. The molecule has 3 aromatic carbocycles. The van der Waals surface area contributed by atoms with Gasteiger partial charge in [0.05, 0.1) is 19.2 Å². The molecule has 0 aliphatic carbocycles. The van der Waals surface area contributed by atoms with Crippen LogP contribution in [-0.2, 0) is 11.3 Å². The van der Waals surface area contributed by atoms with Crippen LogP contribution in [0.15, 0.2) is 60.7 Å². The van der Waals surface area contributed by atoms with Gasteiger partial charge < -0.3 is 15.4 Å². The zero-order valence-corrected chi connectivity index (χ0v) is 14.8. The van der Waals surface area contributed by atoms with Crippen LogP contribution in [0.2, 0.25) is 0 Å². The highest BCUT2D eigenvalue weighted by Crippen LogP contribution is 2.21. The van der Waals surface area contributed by atoms with Gasteiger partial charge in [0.1, 0.15) is 11.6 Å². The van der Waals surface area contributed by atoms with Crippen LogP contribution in [0.1, 0.15) is 15.9 Å². The van der Waals surface area contributed by atoms with E-state index in [1.165, 1.54) is 18.2 Å². The molecule has 138 valence electrons. The van der Waals surface area contributed by atoms with Gasteiger partial charge in [0.25, 0.3) is 5.91 Å². The van der Waals surface area contributed by atoms with E-state index in [0.717, 1.165) is 22.1 Å². The Morgan fingerprint density at radius 2 is 1.70 bits per heavy atom. The average molecular weight is 366 g/mol. The van der Waals surface area contributed by atoms with Crippen molar-refractivity contribution in [3.63, 3.8) is 0 Å². The predicted molar refractivity (Wildman–Crippen MR) is 101 cm³/mol. The topological polar surface area (TPSA) is 67.4 Å². The third kappa shape index (κ3) is 4.61. The molecule has 0 spiro atoms. The minimum Gasteiger partial charge on any atom is -0.497 e. The molecule has 6 heteroatoms. The Labute approximate surface area is 156 Å². The number of fused-ring (bicyclic) bond motifs is 1. The molecule has 3 rings (SSSR count). The Bertz CT molecular complexity index is 988. The number of benzene rings is 3. The lowest BCUT2D eigenvalue weighted by Crippen LogP contribution is -2.36. The van der Waals surface area contributed by atoms with Gasteiger partial charge in [0, 0.05) is 6.54 Å². The first-order chi connectivity index (χ1) is 13.1. The summed E-state index contributed by atoms with van der Waals surface area (Å²) in [7, 11) is 1.62. The van der Waals surface area contributed by atoms with Crippen molar-refractivity contribution in [2.45, 2.75) is 6.54 Å². The smallest absolute Gasteiger partial charge is 0.254 e. The zero-order chi connectivity index (χ0) is 19.2. The summed E-state index contributed by atoms with van der Waals surface area (Å²) >= 11 is 0. The first-order valence-electron chi connectivity index (χ1n) is 8.43. The molecule has 0 saturated heterocycles. The zero-order valence-electron chi connectivity index (χ0n) is 14.8. The first kappa shape index (κ1) is 18.4. The van der Waals surface area contributed by atoms with Gasteiger partial charge in [-0.15, -0.1) is 0 Å². The van der Waals surface area contributed by atoms with Crippen molar-refractivity contribution in [3.05, 3.63) is 77.6 Å². The van der Waals surface area contributed by atoms with Crippen molar-refractivity contribution in [2.75, 3.05) is 13.7 Å². The summed E-state index contributed by atoms with van der Waals surface area (Å²) in [5.41, 5.74) is 0.844. The van der Waals surface area contributed by atoms with Crippen LogP contribution in [0, 0.1) is 5.82 Å². The standard InChI is InChI=1S/C21H19FN2O3/c1-27-17-9-8-15-10-14(6-7-16(15)11-17)12-23-20(25)13-24-21(26)18-4-2-3-5-19(18)22/h2-11H,12-13H2,1H3,(H,23,25)(H,24,26). The third-order valence-corrected chi connectivity index (χ3v) is 4.13. The van der Waals surface area contributed by atoms with Gasteiger partial charge in [-0.25, -0.2) is 4.39 Å². The fourth-order valence-corrected chi connectivity index (χ4v) is 2.67. The second-order valence-electron chi connectivity index (χ2n) is 5.99. The highest BCUT2D eigenvalue weighted by atomic mass is 19.1. The van der Waals surface area contributed by atoms with Crippen LogP contribution >= 0.6 is 0 Å². The molecule has 3 aromatic rings. The van der Waals surface area contributed by atoms with E-state index in [2.05, 4.69) is 10.6 Å². The number of rotatable bonds is 6. The summed E-state index contributed by atoms with van der Waals surface area (Å²) in [4.78, 5) is 23.8. The number of nitrogens with one attached hydrogen (secondary N) is 2. The van der Waals surface area contributed by atoms with E-state index in [-0.39, 0.29) is 18.0 Å². The van der Waals surface area contributed by atoms with E-state index in [9.17, 15) is 14.0 Å². The van der Waals surface area contributed by atoms with E-state index in [1.807, 2.05) is 36.4 Å². The molecule has 0 aliphatic rings. The highest BCUT2D eigenvalue weighted by Gasteiger charge is 2.11. The number of carbonyl (C=O) groups excluding carboxylic acids is 2. The predicted octanol–water partition coefficient (Wildman–Crippen LogP) is 3.03. The summed E-state index contributed by atoms with van der Waals surface area (Å²) in [6, 6.07) is 17.3. The number of hydrogen-bond donors (Lipinski definition) is 2. The minimum absolute atomic E-state index is 0.0877. The fraction of sp³-hybridized carbons (Fsp3) is 0.143.